The van der Waals surface area contributed by atoms with Crippen molar-refractivity contribution in [2.45, 2.75) is 43.9 Å². The minimum absolute atomic E-state index is 0.186. The highest BCUT2D eigenvalue weighted by atomic mass is 32.2. The second kappa shape index (κ2) is 10.4. The Labute approximate surface area is 146 Å². The molecule has 1 aromatic carbocycles. The molecule has 24 heavy (non-hydrogen) atoms. The molecule has 0 saturated heterocycles. The third-order valence-corrected chi connectivity index (χ3v) is 5.62. The van der Waals surface area contributed by atoms with E-state index in [2.05, 4.69) is 13.5 Å². The van der Waals surface area contributed by atoms with E-state index in [0.29, 0.717) is 24.7 Å². The topological polar surface area (TPSA) is 55.8 Å². The van der Waals surface area contributed by atoms with Gasteiger partial charge in [-0.2, -0.15) is 0 Å². The number of sulfonamides is 1. The molecular weight excluding hydrogens is 326 g/mol. The molecule has 0 N–H and O–H groups in total. The van der Waals surface area contributed by atoms with Crippen LogP contribution in [0.15, 0.2) is 35.7 Å². The lowest BCUT2D eigenvalue weighted by Gasteiger charge is -2.20. The van der Waals surface area contributed by atoms with Crippen LogP contribution >= 0.6 is 0 Å². The maximum absolute atomic E-state index is 12.8. The Morgan fingerprint density at radius 2 is 2.00 bits per heavy atom. The molecule has 6 heteroatoms. The van der Waals surface area contributed by atoms with E-state index >= 15 is 0 Å². The summed E-state index contributed by atoms with van der Waals surface area (Å²) < 4.78 is 37.9. The Hall–Kier alpha value is -1.53. The van der Waals surface area contributed by atoms with Crippen LogP contribution in [-0.4, -0.2) is 40.0 Å². The fourth-order valence-corrected chi connectivity index (χ4v) is 3.50. The second-order valence-electron chi connectivity index (χ2n) is 5.63. The lowest BCUT2D eigenvalue weighted by atomic mass is 10.2. The summed E-state index contributed by atoms with van der Waals surface area (Å²) in [6.07, 6.45) is 6.30. The van der Waals surface area contributed by atoms with E-state index in [0.717, 1.165) is 32.1 Å². The average Bonchev–Trinajstić information content (AvgIpc) is 2.58. The molecule has 0 amide bonds. The number of benzene rings is 1. The van der Waals surface area contributed by atoms with Gasteiger partial charge in [-0.05, 0) is 37.8 Å². The van der Waals surface area contributed by atoms with Crippen LogP contribution in [0.2, 0.25) is 0 Å². The molecule has 0 aromatic heterocycles. The van der Waals surface area contributed by atoms with Crippen LogP contribution in [0.25, 0.3) is 0 Å². The van der Waals surface area contributed by atoms with Crippen LogP contribution < -0.4 is 9.47 Å². The predicted octanol–water partition coefficient (Wildman–Crippen LogP) is 3.85. The maximum atomic E-state index is 12.8. The van der Waals surface area contributed by atoms with Crippen LogP contribution in [0.5, 0.6) is 11.5 Å². The van der Waals surface area contributed by atoms with Gasteiger partial charge in [-0.15, -0.1) is 6.58 Å². The molecule has 0 radical (unpaired) electrons. The minimum atomic E-state index is -3.59. The van der Waals surface area contributed by atoms with Gasteiger partial charge >= 0.3 is 0 Å². The van der Waals surface area contributed by atoms with Gasteiger partial charge < -0.3 is 9.47 Å². The predicted molar refractivity (Wildman–Crippen MR) is 97.3 cm³/mol. The van der Waals surface area contributed by atoms with Gasteiger partial charge in [0.05, 0.1) is 13.7 Å². The largest absolute Gasteiger partial charge is 0.497 e. The zero-order valence-electron chi connectivity index (χ0n) is 15.0. The Kier molecular flexibility index (Phi) is 8.85. The standard InChI is InChI=1S/C18H29NO4S/c1-5-7-9-10-13-19(3)24(20,21)18-12-11-16(22-4)15-17(18)23-14-8-6-2/h5,11-12,15H,1,6-10,13-14H2,2-4H3. The molecule has 0 bridgehead atoms. The third-order valence-electron chi connectivity index (χ3n) is 3.73. The van der Waals surface area contributed by atoms with E-state index in [9.17, 15) is 8.42 Å². The van der Waals surface area contributed by atoms with Gasteiger partial charge in [0.1, 0.15) is 16.4 Å². The van der Waals surface area contributed by atoms with E-state index in [4.69, 9.17) is 9.47 Å². The molecule has 0 fully saturated rings. The summed E-state index contributed by atoms with van der Waals surface area (Å²) in [4.78, 5) is 0.186. The van der Waals surface area contributed by atoms with Gasteiger partial charge in [-0.1, -0.05) is 19.4 Å². The zero-order chi connectivity index (χ0) is 18.0. The van der Waals surface area contributed by atoms with Gasteiger partial charge in [0.25, 0.3) is 0 Å². The summed E-state index contributed by atoms with van der Waals surface area (Å²) in [5, 5.41) is 0. The first kappa shape index (κ1) is 20.5. The molecule has 0 unspecified atom stereocenters. The van der Waals surface area contributed by atoms with Crippen molar-refractivity contribution in [1.29, 1.82) is 0 Å². The van der Waals surface area contributed by atoms with Crippen molar-refractivity contribution in [3.05, 3.63) is 30.9 Å². The molecule has 0 atom stereocenters. The quantitative estimate of drug-likeness (QED) is 0.422. The first-order chi connectivity index (χ1) is 11.5. The van der Waals surface area contributed by atoms with E-state index in [1.165, 1.54) is 4.31 Å². The van der Waals surface area contributed by atoms with Crippen molar-refractivity contribution in [1.82, 2.24) is 4.31 Å². The van der Waals surface area contributed by atoms with Gasteiger partial charge in [0, 0.05) is 19.7 Å². The van der Waals surface area contributed by atoms with Gasteiger partial charge in [0.2, 0.25) is 10.0 Å². The lowest BCUT2D eigenvalue weighted by molar-refractivity contribution is 0.298. The molecule has 1 aromatic rings. The number of methoxy groups -OCH3 is 1. The summed E-state index contributed by atoms with van der Waals surface area (Å²) >= 11 is 0. The van der Waals surface area contributed by atoms with Crippen LogP contribution in [0, 0.1) is 0 Å². The zero-order valence-corrected chi connectivity index (χ0v) is 15.8. The van der Waals surface area contributed by atoms with Crippen LogP contribution in [0.4, 0.5) is 0 Å². The number of hydrogen-bond donors (Lipinski definition) is 0. The molecule has 0 saturated carbocycles. The number of allylic oxidation sites excluding steroid dienone is 1. The highest BCUT2D eigenvalue weighted by molar-refractivity contribution is 7.89. The molecule has 136 valence electrons. The molecule has 0 aliphatic rings. The van der Waals surface area contributed by atoms with Crippen molar-refractivity contribution < 1.29 is 17.9 Å². The second-order valence-corrected chi connectivity index (χ2v) is 7.64. The third kappa shape index (κ3) is 5.83. The fraction of sp³-hybridized carbons (Fsp3) is 0.556. The summed E-state index contributed by atoms with van der Waals surface area (Å²) in [5.41, 5.74) is 0. The summed E-state index contributed by atoms with van der Waals surface area (Å²) in [6, 6.07) is 4.83. The van der Waals surface area contributed by atoms with Crippen molar-refractivity contribution >= 4 is 10.0 Å². The van der Waals surface area contributed by atoms with Crippen LogP contribution in [0.3, 0.4) is 0 Å². The van der Waals surface area contributed by atoms with Gasteiger partial charge in [0.15, 0.2) is 0 Å². The molecule has 0 aliphatic carbocycles. The number of unbranched alkanes of at least 4 members (excludes halogenated alkanes) is 3. The molecule has 0 spiro atoms. The van der Waals surface area contributed by atoms with Crippen molar-refractivity contribution in [3.8, 4) is 11.5 Å². The summed E-state index contributed by atoms with van der Waals surface area (Å²) in [6.45, 7) is 6.69. The normalized spacial score (nSPS) is 11.5. The van der Waals surface area contributed by atoms with E-state index in [1.807, 2.05) is 6.08 Å². The molecular formula is C18H29NO4S. The fourth-order valence-electron chi connectivity index (χ4n) is 2.18. The SMILES string of the molecule is C=CCCCCN(C)S(=O)(=O)c1ccc(OC)cc1OCCCC. The smallest absolute Gasteiger partial charge is 0.246 e. The molecule has 1 rings (SSSR count). The first-order valence-corrected chi connectivity index (χ1v) is 9.79. The Morgan fingerprint density at radius 1 is 1.25 bits per heavy atom. The number of rotatable bonds is 12. The van der Waals surface area contributed by atoms with Gasteiger partial charge in [-0.25, -0.2) is 12.7 Å². The number of nitrogens with zero attached hydrogens (tertiary/aromatic N) is 1. The highest BCUT2D eigenvalue weighted by Crippen LogP contribution is 2.30. The Bertz CT molecular complexity index is 613. The Morgan fingerprint density at radius 3 is 2.62 bits per heavy atom. The van der Waals surface area contributed by atoms with Crippen LogP contribution in [0.1, 0.15) is 39.0 Å². The minimum Gasteiger partial charge on any atom is -0.497 e. The van der Waals surface area contributed by atoms with Crippen molar-refractivity contribution in [2.75, 3.05) is 27.3 Å². The summed E-state index contributed by atoms with van der Waals surface area (Å²) in [5.74, 6) is 0.926. The number of ether oxygens (including phenoxy) is 2. The molecule has 5 nitrogen and oxygen atoms in total. The molecule has 0 aliphatic heterocycles. The van der Waals surface area contributed by atoms with Crippen LogP contribution in [-0.2, 0) is 10.0 Å². The van der Waals surface area contributed by atoms with Gasteiger partial charge in [-0.3, -0.25) is 0 Å². The average molecular weight is 356 g/mol. The summed E-state index contributed by atoms with van der Waals surface area (Å²) in [7, 11) is -0.445. The Balaban J connectivity index is 2.96. The van der Waals surface area contributed by atoms with Crippen molar-refractivity contribution in [3.63, 3.8) is 0 Å². The van der Waals surface area contributed by atoms with Crippen molar-refractivity contribution in [2.24, 2.45) is 0 Å². The van der Waals surface area contributed by atoms with E-state index < -0.39 is 10.0 Å². The maximum Gasteiger partial charge on any atom is 0.246 e. The first-order valence-electron chi connectivity index (χ1n) is 8.35. The molecule has 0 heterocycles. The lowest BCUT2D eigenvalue weighted by Crippen LogP contribution is -2.28. The van der Waals surface area contributed by atoms with E-state index in [1.54, 1.807) is 32.4 Å². The highest BCUT2D eigenvalue weighted by Gasteiger charge is 2.25. The van der Waals surface area contributed by atoms with E-state index in [-0.39, 0.29) is 4.90 Å². The monoisotopic (exact) mass is 355 g/mol. The number of hydrogen-bond acceptors (Lipinski definition) is 4.